The lowest BCUT2D eigenvalue weighted by Crippen LogP contribution is -2.32. The summed E-state index contributed by atoms with van der Waals surface area (Å²) >= 11 is 7.27. The molecule has 0 aliphatic heterocycles. The number of hydrogen-bond acceptors (Lipinski definition) is 6. The van der Waals surface area contributed by atoms with E-state index in [-0.39, 0.29) is 18.2 Å². The second-order valence-corrected chi connectivity index (χ2v) is 9.27. The summed E-state index contributed by atoms with van der Waals surface area (Å²) in [6.07, 6.45) is 9.50. The minimum atomic E-state index is -0.0665. The Morgan fingerprint density at radius 3 is 2.32 bits per heavy atom. The van der Waals surface area contributed by atoms with Gasteiger partial charge in [-0.15, -0.1) is 23.4 Å². The summed E-state index contributed by atoms with van der Waals surface area (Å²) in [4.78, 5) is 16.7. The molecule has 6 nitrogen and oxygen atoms in total. The largest absolute Gasteiger partial charge is 0.492 e. The van der Waals surface area contributed by atoms with Crippen LogP contribution in [-0.2, 0) is 14.3 Å². The smallest absolute Gasteiger partial charge is 0.227 e. The van der Waals surface area contributed by atoms with Crippen LogP contribution in [0.4, 0.5) is 0 Å². The Bertz CT molecular complexity index is 1010. The fraction of sp³-hybridized carbons (Fsp3) is 0.400. The zero-order valence-corrected chi connectivity index (χ0v) is 25.4. The minimum absolute atomic E-state index is 0.0665. The van der Waals surface area contributed by atoms with Crippen LogP contribution in [0, 0.1) is 0 Å². The Morgan fingerprint density at radius 1 is 1.18 bits per heavy atom. The molecule has 1 amide bonds. The SMILES string of the molecule is C=C(CCl)CC(=O)N(CS/C=C(\N)C(=C)N(CC)CC)CC1=CC=C(OC)C(OC)=C=C1.C=C/C(C)=C\C. The molecule has 38 heavy (non-hydrogen) atoms. The summed E-state index contributed by atoms with van der Waals surface area (Å²) < 4.78 is 10.6. The van der Waals surface area contributed by atoms with Gasteiger partial charge in [0.05, 0.1) is 31.5 Å². The molecular formula is C30H44ClN3O3S. The molecule has 0 fully saturated rings. The van der Waals surface area contributed by atoms with Crippen molar-refractivity contribution in [3.63, 3.8) is 0 Å². The number of likely N-dealkylation sites (N-methyl/N-ethyl adjacent to an activating group) is 1. The highest BCUT2D eigenvalue weighted by molar-refractivity contribution is 8.02. The van der Waals surface area contributed by atoms with Crippen LogP contribution in [0.1, 0.15) is 34.1 Å². The van der Waals surface area contributed by atoms with Crippen molar-refractivity contribution in [2.75, 3.05) is 45.6 Å². The maximum absolute atomic E-state index is 12.9. The van der Waals surface area contributed by atoms with Crippen LogP contribution in [0.2, 0.25) is 0 Å². The molecule has 1 aliphatic carbocycles. The van der Waals surface area contributed by atoms with E-state index < -0.39 is 0 Å². The fourth-order valence-electron chi connectivity index (χ4n) is 2.94. The van der Waals surface area contributed by atoms with Crippen molar-refractivity contribution in [2.45, 2.75) is 34.1 Å². The molecule has 210 valence electrons. The number of halogens is 1. The molecule has 0 radical (unpaired) electrons. The zero-order valence-electron chi connectivity index (χ0n) is 23.8. The summed E-state index contributed by atoms with van der Waals surface area (Å²) in [5.74, 6) is 1.64. The summed E-state index contributed by atoms with van der Waals surface area (Å²) in [5, 5.41) is 1.83. The molecule has 0 bridgehead atoms. The first kappa shape index (κ1) is 35.0. The number of carbonyl (C=O) groups is 1. The second-order valence-electron chi connectivity index (χ2n) is 8.18. The van der Waals surface area contributed by atoms with E-state index in [4.69, 9.17) is 26.8 Å². The van der Waals surface area contributed by atoms with Crippen molar-refractivity contribution in [3.8, 4) is 0 Å². The van der Waals surface area contributed by atoms with Crippen molar-refractivity contribution in [1.29, 1.82) is 0 Å². The summed E-state index contributed by atoms with van der Waals surface area (Å²) in [5.41, 5.74) is 13.4. The summed E-state index contributed by atoms with van der Waals surface area (Å²) in [7, 11) is 3.12. The number of carbonyl (C=O) groups excluding carboxylic acids is 1. The van der Waals surface area contributed by atoms with Crippen LogP contribution in [-0.4, -0.2) is 61.3 Å². The number of rotatable bonds is 15. The van der Waals surface area contributed by atoms with Crippen molar-refractivity contribution in [2.24, 2.45) is 5.73 Å². The standard InChI is InChI=1S/C24H34ClN3O3S.C6H10/c1-7-27(8-2)19(4)21(26)16-32-17-28(24(29)13-18(3)14-25)15-20-9-11-22(30-5)23(31-6)12-10-20;1-4-6(3)5-2/h9-11,16H,3-4,7-8,13-15,17,26H2,1-2,5-6H3;4-5H,1H2,2-3H3/b21-16-;6-5-. The Balaban J connectivity index is 0.00000203. The van der Waals surface area contributed by atoms with Gasteiger partial charge in [-0.2, -0.15) is 0 Å². The van der Waals surface area contributed by atoms with Gasteiger partial charge < -0.3 is 25.0 Å². The van der Waals surface area contributed by atoms with Crippen LogP contribution >= 0.6 is 23.4 Å². The van der Waals surface area contributed by atoms with E-state index in [1.54, 1.807) is 31.3 Å². The zero-order chi connectivity index (χ0) is 29.1. The molecule has 0 heterocycles. The first-order valence-electron chi connectivity index (χ1n) is 12.3. The maximum atomic E-state index is 12.9. The Labute approximate surface area is 239 Å². The van der Waals surface area contributed by atoms with Gasteiger partial charge in [0.1, 0.15) is 0 Å². The topological polar surface area (TPSA) is 68.0 Å². The van der Waals surface area contributed by atoms with Gasteiger partial charge in [-0.05, 0) is 50.8 Å². The highest BCUT2D eigenvalue weighted by atomic mass is 35.5. The van der Waals surface area contributed by atoms with E-state index in [9.17, 15) is 4.79 Å². The van der Waals surface area contributed by atoms with Gasteiger partial charge in [-0.3, -0.25) is 4.79 Å². The third-order valence-corrected chi connectivity index (χ3v) is 6.76. The highest BCUT2D eigenvalue weighted by Crippen LogP contribution is 2.19. The van der Waals surface area contributed by atoms with Gasteiger partial charge in [0.2, 0.25) is 11.7 Å². The van der Waals surface area contributed by atoms with Crippen molar-refractivity contribution < 1.29 is 14.3 Å². The number of allylic oxidation sites excluding steroid dienone is 5. The van der Waals surface area contributed by atoms with E-state index >= 15 is 0 Å². The fourth-order valence-corrected chi connectivity index (χ4v) is 3.84. The molecule has 1 aliphatic rings. The number of nitrogens with zero attached hydrogens (tertiary/aromatic N) is 2. The lowest BCUT2D eigenvalue weighted by atomic mass is 10.2. The Morgan fingerprint density at radius 2 is 1.84 bits per heavy atom. The summed E-state index contributed by atoms with van der Waals surface area (Å²) in [6.45, 7) is 21.7. The molecular weight excluding hydrogens is 518 g/mol. The summed E-state index contributed by atoms with van der Waals surface area (Å²) in [6, 6.07) is 0. The number of hydrogen-bond donors (Lipinski definition) is 1. The van der Waals surface area contributed by atoms with Crippen LogP contribution < -0.4 is 5.73 Å². The van der Waals surface area contributed by atoms with Gasteiger partial charge in [0.15, 0.2) is 5.76 Å². The van der Waals surface area contributed by atoms with Gasteiger partial charge in [-0.1, -0.05) is 54.8 Å². The Kier molecular flexibility index (Phi) is 18.5. The normalized spacial score (nSPS) is 13.1. The molecule has 0 saturated carbocycles. The molecule has 0 aromatic rings. The quantitative estimate of drug-likeness (QED) is 0.0794. The predicted molar refractivity (Wildman–Crippen MR) is 164 cm³/mol. The van der Waals surface area contributed by atoms with Crippen molar-refractivity contribution in [1.82, 2.24) is 9.80 Å². The van der Waals surface area contributed by atoms with E-state index in [0.717, 1.165) is 24.4 Å². The average molecular weight is 562 g/mol. The third kappa shape index (κ3) is 13.0. The molecule has 0 saturated heterocycles. The van der Waals surface area contributed by atoms with Crippen molar-refractivity contribution >= 4 is 29.3 Å². The van der Waals surface area contributed by atoms with Gasteiger partial charge >= 0.3 is 0 Å². The lowest BCUT2D eigenvalue weighted by molar-refractivity contribution is -0.129. The molecule has 0 spiro atoms. The molecule has 8 heteroatoms. The van der Waals surface area contributed by atoms with E-state index in [1.165, 1.54) is 17.3 Å². The molecule has 0 unspecified atom stereocenters. The first-order chi connectivity index (χ1) is 18.1. The highest BCUT2D eigenvalue weighted by Gasteiger charge is 2.17. The Hall–Kier alpha value is -2.99. The van der Waals surface area contributed by atoms with Crippen LogP contribution in [0.25, 0.3) is 0 Å². The molecule has 0 atom stereocenters. The minimum Gasteiger partial charge on any atom is -0.492 e. The molecule has 1 rings (SSSR count). The number of nitrogens with two attached hydrogens (primary N) is 1. The first-order valence-corrected chi connectivity index (χ1v) is 13.9. The number of amides is 1. The number of ether oxygens (including phenoxy) is 2. The van der Waals surface area contributed by atoms with Crippen LogP contribution in [0.5, 0.6) is 0 Å². The predicted octanol–water partition coefficient (Wildman–Crippen LogP) is 6.64. The lowest BCUT2D eigenvalue weighted by Gasteiger charge is -2.24. The van der Waals surface area contributed by atoms with Gasteiger partial charge in [0.25, 0.3) is 0 Å². The van der Waals surface area contributed by atoms with Gasteiger partial charge in [0, 0.05) is 31.9 Å². The number of thioether (sulfide) groups is 1. The van der Waals surface area contributed by atoms with Gasteiger partial charge in [-0.25, -0.2) is 0 Å². The monoisotopic (exact) mass is 561 g/mol. The van der Waals surface area contributed by atoms with E-state index in [2.05, 4.69) is 44.2 Å². The van der Waals surface area contributed by atoms with Crippen LogP contribution in [0.3, 0.4) is 0 Å². The number of methoxy groups -OCH3 is 2. The van der Waals surface area contributed by atoms with E-state index in [1.807, 2.05) is 37.5 Å². The molecule has 2 N–H and O–H groups in total. The van der Waals surface area contributed by atoms with Crippen molar-refractivity contribution in [3.05, 3.63) is 101 Å². The average Bonchev–Trinajstić information content (AvgIpc) is 3.13. The maximum Gasteiger partial charge on any atom is 0.227 e. The van der Waals surface area contributed by atoms with E-state index in [0.29, 0.717) is 35.2 Å². The second kappa shape index (κ2) is 20.0. The number of alkyl halides is 1. The van der Waals surface area contributed by atoms with Crippen LogP contribution in [0.15, 0.2) is 101 Å². The molecule has 0 aromatic carbocycles. The third-order valence-electron chi connectivity index (χ3n) is 5.50. The molecule has 0 aromatic heterocycles.